The van der Waals surface area contributed by atoms with Crippen LogP contribution in [0, 0.1) is 6.92 Å². The third-order valence-electron chi connectivity index (χ3n) is 5.66. The number of amides is 1. The summed E-state index contributed by atoms with van der Waals surface area (Å²) in [5, 5.41) is 12.0. The fourth-order valence-electron chi connectivity index (χ4n) is 4.06. The Balaban J connectivity index is 1.69. The van der Waals surface area contributed by atoms with E-state index < -0.39 is 11.5 Å². The van der Waals surface area contributed by atoms with E-state index in [1.54, 1.807) is 17.8 Å². The van der Waals surface area contributed by atoms with Crippen molar-refractivity contribution in [2.45, 2.75) is 6.92 Å². The topological polar surface area (TPSA) is 81.8 Å². The maximum absolute atomic E-state index is 13.8. The van der Waals surface area contributed by atoms with E-state index in [1.807, 2.05) is 97.9 Å². The first-order chi connectivity index (χ1) is 17.0. The first kappa shape index (κ1) is 22.0. The summed E-state index contributed by atoms with van der Waals surface area (Å²) in [6, 6.07) is 30.2. The molecule has 2 heterocycles. The fraction of sp³-hybridized carbons (Fsp3) is 0.0714. The number of carbonyl (C=O) groups excluding carboxylic acids is 1. The Morgan fingerprint density at radius 3 is 2.00 bits per heavy atom. The van der Waals surface area contributed by atoms with Crippen molar-refractivity contribution >= 4 is 11.7 Å². The van der Waals surface area contributed by atoms with Crippen molar-refractivity contribution in [3.05, 3.63) is 119 Å². The van der Waals surface area contributed by atoms with E-state index in [4.69, 9.17) is 0 Å². The molecule has 0 aliphatic heterocycles. The standard InChI is InChI=1S/C28H23N5O2/c1-19-18-23(33(30-19)22-16-10-5-11-17-22)29-27(34)25-24(20-12-6-3-7-13-20)26(31-32(2)28(25)35)21-14-8-4-9-15-21/h3-18H,1-2H3,(H,29,34). The smallest absolute Gasteiger partial charge is 0.280 e. The van der Waals surface area contributed by atoms with Gasteiger partial charge in [-0.05, 0) is 24.6 Å². The van der Waals surface area contributed by atoms with Crippen molar-refractivity contribution in [1.82, 2.24) is 19.6 Å². The number of para-hydroxylation sites is 1. The highest BCUT2D eigenvalue weighted by atomic mass is 16.2. The number of benzene rings is 3. The molecular weight excluding hydrogens is 438 g/mol. The normalized spacial score (nSPS) is 10.8. The molecule has 2 aromatic heterocycles. The number of hydrogen-bond acceptors (Lipinski definition) is 4. The predicted octanol–water partition coefficient (Wildman–Crippen LogP) is 4.86. The number of hydrogen-bond donors (Lipinski definition) is 1. The second kappa shape index (κ2) is 9.23. The fourth-order valence-corrected chi connectivity index (χ4v) is 4.06. The Morgan fingerprint density at radius 1 is 0.800 bits per heavy atom. The predicted molar refractivity (Wildman–Crippen MR) is 137 cm³/mol. The summed E-state index contributed by atoms with van der Waals surface area (Å²) in [4.78, 5) is 27.1. The average Bonchev–Trinajstić information content (AvgIpc) is 3.26. The van der Waals surface area contributed by atoms with Crippen LogP contribution in [-0.4, -0.2) is 25.5 Å². The van der Waals surface area contributed by atoms with Gasteiger partial charge in [0.1, 0.15) is 11.4 Å². The van der Waals surface area contributed by atoms with Crippen LogP contribution in [0.2, 0.25) is 0 Å². The SMILES string of the molecule is Cc1cc(NC(=O)c2c(-c3ccccc3)c(-c3ccccc3)nn(C)c2=O)n(-c2ccccc2)n1. The maximum Gasteiger partial charge on any atom is 0.280 e. The van der Waals surface area contributed by atoms with Crippen LogP contribution in [0.4, 0.5) is 5.82 Å². The minimum atomic E-state index is -0.527. The van der Waals surface area contributed by atoms with Crippen molar-refractivity contribution < 1.29 is 4.79 Å². The highest BCUT2D eigenvalue weighted by Gasteiger charge is 2.25. The lowest BCUT2D eigenvalue weighted by Gasteiger charge is -2.16. The lowest BCUT2D eigenvalue weighted by atomic mass is 9.95. The zero-order chi connectivity index (χ0) is 24.4. The van der Waals surface area contributed by atoms with E-state index in [0.29, 0.717) is 17.1 Å². The second-order valence-electron chi connectivity index (χ2n) is 8.13. The number of nitrogens with one attached hydrogen (secondary N) is 1. The molecule has 3 aromatic carbocycles. The summed E-state index contributed by atoms with van der Waals surface area (Å²) in [6.45, 7) is 1.85. The highest BCUT2D eigenvalue weighted by molar-refractivity contribution is 6.10. The second-order valence-corrected chi connectivity index (χ2v) is 8.13. The summed E-state index contributed by atoms with van der Waals surface area (Å²) >= 11 is 0. The molecule has 0 aliphatic rings. The van der Waals surface area contributed by atoms with Crippen molar-refractivity contribution in [2.24, 2.45) is 7.05 Å². The van der Waals surface area contributed by atoms with E-state index in [9.17, 15) is 9.59 Å². The van der Waals surface area contributed by atoms with E-state index in [0.717, 1.165) is 22.5 Å². The van der Waals surface area contributed by atoms with E-state index >= 15 is 0 Å². The molecule has 0 radical (unpaired) electrons. The minimum Gasteiger partial charge on any atom is -0.306 e. The van der Waals surface area contributed by atoms with Crippen LogP contribution in [0.25, 0.3) is 28.1 Å². The van der Waals surface area contributed by atoms with Crippen LogP contribution in [0.5, 0.6) is 0 Å². The van der Waals surface area contributed by atoms with Crippen LogP contribution in [0.3, 0.4) is 0 Å². The molecule has 1 N–H and O–H groups in total. The molecule has 0 aliphatic carbocycles. The minimum absolute atomic E-state index is 0.0195. The van der Waals surface area contributed by atoms with Gasteiger partial charge in [0, 0.05) is 24.2 Å². The summed E-state index contributed by atoms with van der Waals surface area (Å²) in [6.07, 6.45) is 0. The zero-order valence-electron chi connectivity index (χ0n) is 19.3. The zero-order valence-corrected chi connectivity index (χ0v) is 19.3. The Labute approximate surface area is 202 Å². The number of aromatic nitrogens is 4. The average molecular weight is 462 g/mol. The van der Waals surface area contributed by atoms with Gasteiger partial charge < -0.3 is 5.32 Å². The lowest BCUT2D eigenvalue weighted by molar-refractivity contribution is 0.102. The molecule has 172 valence electrons. The molecule has 5 rings (SSSR count). The maximum atomic E-state index is 13.8. The van der Waals surface area contributed by atoms with Gasteiger partial charge in [-0.2, -0.15) is 10.2 Å². The van der Waals surface area contributed by atoms with Crippen LogP contribution in [0.15, 0.2) is 102 Å². The lowest BCUT2D eigenvalue weighted by Crippen LogP contribution is -2.31. The molecule has 0 spiro atoms. The molecule has 0 bridgehead atoms. The molecule has 1 amide bonds. The number of nitrogens with zero attached hydrogens (tertiary/aromatic N) is 4. The summed E-state index contributed by atoms with van der Waals surface area (Å²) < 4.78 is 2.86. The van der Waals surface area contributed by atoms with Crippen molar-refractivity contribution in [3.63, 3.8) is 0 Å². The Kier molecular flexibility index (Phi) is 5.81. The van der Waals surface area contributed by atoms with E-state index in [1.165, 1.54) is 4.68 Å². The van der Waals surface area contributed by atoms with E-state index in [2.05, 4.69) is 15.5 Å². The Morgan fingerprint density at radius 2 is 1.37 bits per heavy atom. The van der Waals surface area contributed by atoms with Gasteiger partial charge in [-0.25, -0.2) is 9.36 Å². The van der Waals surface area contributed by atoms with Crippen LogP contribution >= 0.6 is 0 Å². The molecule has 5 aromatic rings. The van der Waals surface area contributed by atoms with Gasteiger partial charge in [-0.15, -0.1) is 0 Å². The van der Waals surface area contributed by atoms with Gasteiger partial charge in [0.05, 0.1) is 17.1 Å². The largest absolute Gasteiger partial charge is 0.306 e. The molecule has 0 saturated carbocycles. The molecule has 0 saturated heterocycles. The first-order valence-electron chi connectivity index (χ1n) is 11.2. The quantitative estimate of drug-likeness (QED) is 0.405. The van der Waals surface area contributed by atoms with Crippen molar-refractivity contribution in [1.29, 1.82) is 0 Å². The van der Waals surface area contributed by atoms with Crippen LogP contribution < -0.4 is 10.9 Å². The van der Waals surface area contributed by atoms with Gasteiger partial charge in [0.2, 0.25) is 0 Å². The van der Waals surface area contributed by atoms with Gasteiger partial charge in [0.25, 0.3) is 11.5 Å². The third kappa shape index (κ3) is 4.27. The van der Waals surface area contributed by atoms with Crippen molar-refractivity contribution in [3.8, 4) is 28.1 Å². The molecule has 7 nitrogen and oxygen atoms in total. The summed E-state index contributed by atoms with van der Waals surface area (Å²) in [5.74, 6) is -0.0565. The molecule has 0 atom stereocenters. The van der Waals surface area contributed by atoms with Gasteiger partial charge in [-0.1, -0.05) is 78.9 Å². The van der Waals surface area contributed by atoms with Crippen LogP contribution in [0.1, 0.15) is 16.1 Å². The van der Waals surface area contributed by atoms with Gasteiger partial charge >= 0.3 is 0 Å². The first-order valence-corrected chi connectivity index (χ1v) is 11.2. The molecule has 35 heavy (non-hydrogen) atoms. The number of anilines is 1. The molecule has 7 heteroatoms. The monoisotopic (exact) mass is 461 g/mol. The molecule has 0 fully saturated rings. The molecular formula is C28H23N5O2. The van der Waals surface area contributed by atoms with Crippen LogP contribution in [-0.2, 0) is 7.05 Å². The number of aryl methyl sites for hydroxylation is 2. The molecule has 0 unspecified atom stereocenters. The summed E-state index contributed by atoms with van der Waals surface area (Å²) in [5.41, 5.74) is 3.65. The Hall–Kier alpha value is -4.78. The number of carbonyl (C=O) groups is 1. The van der Waals surface area contributed by atoms with Gasteiger partial charge in [-0.3, -0.25) is 9.59 Å². The Bertz CT molecular complexity index is 1560. The number of rotatable bonds is 5. The van der Waals surface area contributed by atoms with Crippen molar-refractivity contribution in [2.75, 3.05) is 5.32 Å². The third-order valence-corrected chi connectivity index (χ3v) is 5.66. The van der Waals surface area contributed by atoms with E-state index in [-0.39, 0.29) is 5.56 Å². The highest BCUT2D eigenvalue weighted by Crippen LogP contribution is 2.32. The summed E-state index contributed by atoms with van der Waals surface area (Å²) in [7, 11) is 1.55. The van der Waals surface area contributed by atoms with Gasteiger partial charge in [0.15, 0.2) is 0 Å².